The summed E-state index contributed by atoms with van der Waals surface area (Å²) in [5, 5.41) is 4.88. The lowest BCUT2D eigenvalue weighted by molar-refractivity contribution is -0.143. The van der Waals surface area contributed by atoms with E-state index in [1.165, 1.54) is 19.1 Å². The third kappa shape index (κ3) is 7.73. The summed E-state index contributed by atoms with van der Waals surface area (Å²) in [4.78, 5) is 50.1. The molecule has 1 aromatic carbocycles. The number of hydrogen-bond donors (Lipinski definition) is 2. The van der Waals surface area contributed by atoms with Gasteiger partial charge in [-0.1, -0.05) is 23.8 Å². The summed E-state index contributed by atoms with van der Waals surface area (Å²) >= 11 is 0. The van der Waals surface area contributed by atoms with Gasteiger partial charge in [0.25, 0.3) is 0 Å². The minimum Gasteiger partial charge on any atom is -0.468 e. The van der Waals surface area contributed by atoms with Crippen molar-refractivity contribution in [1.29, 1.82) is 0 Å². The van der Waals surface area contributed by atoms with Crippen molar-refractivity contribution in [2.24, 2.45) is 0 Å². The normalized spacial score (nSPS) is 11.8. The molecule has 0 saturated heterocycles. The van der Waals surface area contributed by atoms with Gasteiger partial charge in [0, 0.05) is 7.05 Å². The molecule has 0 heterocycles. The monoisotopic (exact) mass is 421 g/mol. The van der Waals surface area contributed by atoms with Gasteiger partial charge in [0.2, 0.25) is 11.8 Å². The van der Waals surface area contributed by atoms with Gasteiger partial charge in [-0.15, -0.1) is 0 Å². The summed E-state index contributed by atoms with van der Waals surface area (Å²) in [5.41, 5.74) is 1.63. The number of methoxy groups -OCH3 is 1. The Labute approximate surface area is 177 Å². The zero-order chi connectivity index (χ0) is 23.1. The van der Waals surface area contributed by atoms with Crippen LogP contribution in [0.1, 0.15) is 43.5 Å². The summed E-state index contributed by atoms with van der Waals surface area (Å²) < 4.78 is 9.67. The average molecular weight is 421 g/mol. The number of benzene rings is 1. The molecule has 1 atom stereocenters. The molecule has 9 nitrogen and oxygen atoms in total. The smallest absolute Gasteiger partial charge is 0.408 e. The first-order valence-electron chi connectivity index (χ1n) is 9.50. The Morgan fingerprint density at radius 3 is 2.27 bits per heavy atom. The Morgan fingerprint density at radius 1 is 1.07 bits per heavy atom. The number of hydrogen-bond acceptors (Lipinski definition) is 6. The number of rotatable bonds is 7. The van der Waals surface area contributed by atoms with E-state index in [1.807, 2.05) is 32.0 Å². The van der Waals surface area contributed by atoms with E-state index in [2.05, 4.69) is 15.4 Å². The fourth-order valence-corrected chi connectivity index (χ4v) is 2.64. The fourth-order valence-electron chi connectivity index (χ4n) is 2.64. The molecule has 0 aromatic heterocycles. The molecule has 0 fully saturated rings. The van der Waals surface area contributed by atoms with E-state index in [0.717, 1.165) is 11.1 Å². The van der Waals surface area contributed by atoms with E-state index < -0.39 is 35.5 Å². The van der Waals surface area contributed by atoms with E-state index >= 15 is 0 Å². The van der Waals surface area contributed by atoms with Crippen LogP contribution in [0.15, 0.2) is 18.2 Å². The van der Waals surface area contributed by atoms with Gasteiger partial charge >= 0.3 is 12.1 Å². The van der Waals surface area contributed by atoms with Crippen LogP contribution in [0.5, 0.6) is 0 Å². The molecule has 30 heavy (non-hydrogen) atoms. The highest BCUT2D eigenvalue weighted by molar-refractivity contribution is 5.92. The molecule has 9 heteroatoms. The molecule has 0 aliphatic rings. The number of likely N-dealkylation sites (N-methyl/N-ethyl adjacent to an activating group) is 1. The van der Waals surface area contributed by atoms with E-state index in [0.29, 0.717) is 5.56 Å². The average Bonchev–Trinajstić information content (AvgIpc) is 2.65. The van der Waals surface area contributed by atoms with Crippen molar-refractivity contribution in [3.8, 4) is 0 Å². The maximum Gasteiger partial charge on any atom is 0.408 e. The SMILES string of the molecule is COC(=O)CNC(=O)C(c1cc(C)ccc1C)N(C)C(=O)CNC(=O)OC(C)(C)C. The van der Waals surface area contributed by atoms with Crippen LogP contribution in [0.25, 0.3) is 0 Å². The minimum atomic E-state index is -0.998. The van der Waals surface area contributed by atoms with Crippen molar-refractivity contribution in [3.05, 3.63) is 34.9 Å². The van der Waals surface area contributed by atoms with Gasteiger partial charge in [0.15, 0.2) is 0 Å². The summed E-state index contributed by atoms with van der Waals surface area (Å²) in [6, 6.07) is 4.56. The van der Waals surface area contributed by atoms with Gasteiger partial charge in [0.05, 0.1) is 7.11 Å². The van der Waals surface area contributed by atoms with Crippen LogP contribution in [0.4, 0.5) is 4.79 Å². The molecule has 0 bridgehead atoms. The number of ether oxygens (including phenoxy) is 2. The van der Waals surface area contributed by atoms with Crippen molar-refractivity contribution in [2.75, 3.05) is 27.2 Å². The van der Waals surface area contributed by atoms with E-state index in [9.17, 15) is 19.2 Å². The van der Waals surface area contributed by atoms with Crippen molar-refractivity contribution in [1.82, 2.24) is 15.5 Å². The van der Waals surface area contributed by atoms with Crippen LogP contribution in [-0.4, -0.2) is 61.6 Å². The number of alkyl carbamates (subject to hydrolysis) is 1. The van der Waals surface area contributed by atoms with Crippen molar-refractivity contribution in [2.45, 2.75) is 46.3 Å². The van der Waals surface area contributed by atoms with Crippen LogP contribution in [0.3, 0.4) is 0 Å². The fraction of sp³-hybridized carbons (Fsp3) is 0.524. The molecule has 1 rings (SSSR count). The summed E-state index contributed by atoms with van der Waals surface area (Å²) in [6.07, 6.45) is -0.734. The number of nitrogens with zero attached hydrogens (tertiary/aromatic N) is 1. The maximum atomic E-state index is 12.9. The lowest BCUT2D eigenvalue weighted by Crippen LogP contribution is -2.47. The second-order valence-corrected chi connectivity index (χ2v) is 7.92. The molecule has 0 aliphatic heterocycles. The van der Waals surface area contributed by atoms with E-state index in [4.69, 9.17) is 4.74 Å². The number of carbonyl (C=O) groups excluding carboxylic acids is 4. The molecule has 0 radical (unpaired) electrons. The Kier molecular flexibility index (Phi) is 8.82. The lowest BCUT2D eigenvalue weighted by Gasteiger charge is -2.29. The van der Waals surface area contributed by atoms with Crippen molar-refractivity contribution >= 4 is 23.9 Å². The highest BCUT2D eigenvalue weighted by Gasteiger charge is 2.30. The number of aryl methyl sites for hydroxylation is 2. The zero-order valence-electron chi connectivity index (χ0n) is 18.6. The zero-order valence-corrected chi connectivity index (χ0v) is 18.6. The molecular weight excluding hydrogens is 390 g/mol. The lowest BCUT2D eigenvalue weighted by atomic mass is 9.97. The number of carbonyl (C=O) groups is 4. The first-order chi connectivity index (χ1) is 13.9. The standard InChI is InChI=1S/C21H31N3O6/c1-13-8-9-14(2)15(10-13)18(19(27)22-12-17(26)29-7)24(6)16(25)11-23-20(28)30-21(3,4)5/h8-10,18H,11-12H2,1-7H3,(H,22,27)(H,23,28). The summed E-state index contributed by atoms with van der Waals surface area (Å²) in [6.45, 7) is 8.16. The molecule has 166 valence electrons. The van der Waals surface area contributed by atoms with Crippen LogP contribution in [0.2, 0.25) is 0 Å². The van der Waals surface area contributed by atoms with Gasteiger partial charge < -0.3 is 25.0 Å². The number of nitrogens with one attached hydrogen (secondary N) is 2. The van der Waals surface area contributed by atoms with Crippen LogP contribution in [0, 0.1) is 13.8 Å². The van der Waals surface area contributed by atoms with Crippen LogP contribution >= 0.6 is 0 Å². The Morgan fingerprint density at radius 2 is 1.70 bits per heavy atom. The largest absolute Gasteiger partial charge is 0.468 e. The quantitative estimate of drug-likeness (QED) is 0.647. The van der Waals surface area contributed by atoms with Gasteiger partial charge in [0.1, 0.15) is 24.7 Å². The number of esters is 1. The molecule has 0 aliphatic carbocycles. The topological polar surface area (TPSA) is 114 Å². The van der Waals surface area contributed by atoms with Crippen molar-refractivity contribution < 1.29 is 28.7 Å². The summed E-state index contributed by atoms with van der Waals surface area (Å²) in [7, 11) is 2.68. The third-order valence-corrected chi connectivity index (χ3v) is 4.18. The molecular formula is C21H31N3O6. The molecule has 0 saturated carbocycles. The van der Waals surface area contributed by atoms with Gasteiger partial charge in [-0.2, -0.15) is 0 Å². The minimum absolute atomic E-state index is 0.325. The van der Waals surface area contributed by atoms with Gasteiger partial charge in [-0.25, -0.2) is 4.79 Å². The first kappa shape index (κ1) is 24.9. The number of amides is 3. The predicted octanol–water partition coefficient (Wildman–Crippen LogP) is 1.62. The van der Waals surface area contributed by atoms with Gasteiger partial charge in [-0.3, -0.25) is 14.4 Å². The van der Waals surface area contributed by atoms with Crippen LogP contribution in [-0.2, 0) is 23.9 Å². The Hall–Kier alpha value is -3.10. The molecule has 1 unspecified atom stereocenters. The van der Waals surface area contributed by atoms with Crippen LogP contribution < -0.4 is 10.6 Å². The molecule has 0 spiro atoms. The summed E-state index contributed by atoms with van der Waals surface area (Å²) in [5.74, 6) is -1.65. The molecule has 1 aromatic rings. The molecule has 3 amide bonds. The highest BCUT2D eigenvalue weighted by atomic mass is 16.6. The predicted molar refractivity (Wildman–Crippen MR) is 111 cm³/mol. The molecule has 2 N–H and O–H groups in total. The second kappa shape index (κ2) is 10.6. The van der Waals surface area contributed by atoms with Crippen molar-refractivity contribution in [3.63, 3.8) is 0 Å². The van der Waals surface area contributed by atoms with E-state index in [1.54, 1.807) is 20.8 Å². The Bertz CT molecular complexity index is 800. The maximum absolute atomic E-state index is 12.9. The second-order valence-electron chi connectivity index (χ2n) is 7.92. The van der Waals surface area contributed by atoms with E-state index in [-0.39, 0.29) is 13.1 Å². The third-order valence-electron chi connectivity index (χ3n) is 4.18. The van der Waals surface area contributed by atoms with Gasteiger partial charge in [-0.05, 0) is 45.7 Å². The Balaban J connectivity index is 3.04. The first-order valence-corrected chi connectivity index (χ1v) is 9.50. The highest BCUT2D eigenvalue weighted by Crippen LogP contribution is 2.24.